The van der Waals surface area contributed by atoms with Crippen LogP contribution in [0, 0.1) is 11.8 Å². The first kappa shape index (κ1) is 44.9. The Morgan fingerprint density at radius 1 is 1.19 bits per heavy atom. The van der Waals surface area contributed by atoms with Crippen LogP contribution >= 0.6 is 22.8 Å². The molecule has 28 heteroatoms. The molecule has 53 heavy (non-hydrogen) atoms. The van der Waals surface area contributed by atoms with Gasteiger partial charge in [-0.15, -0.1) is 0 Å². The van der Waals surface area contributed by atoms with E-state index < -0.39 is 84.9 Å². The summed E-state index contributed by atoms with van der Waals surface area (Å²) in [5, 5.41) is 11.4. The summed E-state index contributed by atoms with van der Waals surface area (Å²) in [6.45, 7) is 2.15. The van der Waals surface area contributed by atoms with Crippen molar-refractivity contribution in [3.63, 3.8) is 0 Å². The number of hydrogen-bond donors (Lipinski definition) is 4. The van der Waals surface area contributed by atoms with Crippen molar-refractivity contribution in [3.05, 3.63) is 43.1 Å². The monoisotopic (exact) mass is 809 g/mol. The highest BCUT2D eigenvalue weighted by molar-refractivity contribution is 7.71. The van der Waals surface area contributed by atoms with Gasteiger partial charge in [0, 0.05) is 55.4 Å². The average Bonchev–Trinajstić information content (AvgIpc) is 3.44. The average molecular weight is 810 g/mol. The molecule has 1 aliphatic rings. The van der Waals surface area contributed by atoms with Gasteiger partial charge in [-0.25, -0.2) is 18.2 Å². The number of nitrogens with zero attached hydrogens (tertiary/aromatic N) is 8. The van der Waals surface area contributed by atoms with Gasteiger partial charge in [-0.05, 0) is 24.4 Å². The number of aromatic nitrogens is 2. The fraction of sp³-hybridized carbons (Fsp3) is 0.640. The molecule has 1 fully saturated rings. The van der Waals surface area contributed by atoms with E-state index in [2.05, 4.69) is 51.8 Å². The molecule has 2 heterocycles. The van der Waals surface area contributed by atoms with Crippen molar-refractivity contribution < 1.29 is 60.3 Å². The van der Waals surface area contributed by atoms with Crippen LogP contribution in [0.4, 0.5) is 10.6 Å². The topological polar surface area (TPSA) is 361 Å². The predicted molar refractivity (Wildman–Crippen MR) is 183 cm³/mol. The summed E-state index contributed by atoms with van der Waals surface area (Å²) in [5.74, 6) is 4.18. The standard InChI is InChI=1S/C25H38N11O14P3/c1-16(37)7-5-9-29-23(38)18(33-35-28)13-45-25(40)30-10-6-8-17-12-36(24(39)32-22(17)26)21-11-19(46-15-31-34-27)20(48-21)14-47-52(3,43)50-53(4,44)49-51(2,41)42/h12,18-21H,5,7,9-11,13-15H2,1-4H3,(H,29,38)(H,30,40)(H,41,42)(H2,26,32,39)/t18?,19?,20-,21-,52?,53?/m1/s1. The number of azide groups is 2. The minimum atomic E-state index is -4.32. The number of ketones is 1. The lowest BCUT2D eigenvalue weighted by Gasteiger charge is -2.23. The van der Waals surface area contributed by atoms with E-state index in [1.807, 2.05) is 0 Å². The minimum Gasteiger partial charge on any atom is -0.449 e. The fourth-order valence-electron chi connectivity index (χ4n) is 4.28. The van der Waals surface area contributed by atoms with E-state index in [9.17, 15) is 37.8 Å². The Kier molecular flexibility index (Phi) is 17.6. The number of alkyl carbamates (subject to hydrolysis) is 1. The number of carbonyl (C=O) groups excluding carboxylic acids is 3. The van der Waals surface area contributed by atoms with E-state index in [0.717, 1.165) is 24.6 Å². The molecular weight excluding hydrogens is 771 g/mol. The summed E-state index contributed by atoms with van der Waals surface area (Å²) < 4.78 is 68.8. The van der Waals surface area contributed by atoms with Crippen molar-refractivity contribution >= 4 is 46.4 Å². The van der Waals surface area contributed by atoms with E-state index in [1.54, 1.807) is 0 Å². The van der Waals surface area contributed by atoms with Crippen LogP contribution in [-0.2, 0) is 50.6 Å². The number of carbonyl (C=O) groups is 3. The summed E-state index contributed by atoms with van der Waals surface area (Å²) in [6, 6.07) is -1.37. The van der Waals surface area contributed by atoms with Crippen LogP contribution in [0.2, 0.25) is 0 Å². The van der Waals surface area contributed by atoms with Crippen LogP contribution < -0.4 is 22.1 Å². The molecule has 292 valence electrons. The Hall–Kier alpha value is -4.28. The third-order valence-corrected chi connectivity index (χ3v) is 11.8. The minimum absolute atomic E-state index is 0.0294. The van der Waals surface area contributed by atoms with Crippen LogP contribution in [0.5, 0.6) is 0 Å². The smallest absolute Gasteiger partial charge is 0.407 e. The molecule has 7 atom stereocenters. The van der Waals surface area contributed by atoms with Gasteiger partial charge in [0.05, 0.1) is 24.8 Å². The first-order chi connectivity index (χ1) is 24.8. The fourth-order valence-corrected chi connectivity index (χ4v) is 9.63. The summed E-state index contributed by atoms with van der Waals surface area (Å²) in [5.41, 5.74) is 22.4. The van der Waals surface area contributed by atoms with Crippen molar-refractivity contribution in [1.82, 2.24) is 20.2 Å². The van der Waals surface area contributed by atoms with Crippen molar-refractivity contribution in [3.8, 4) is 11.8 Å². The molecule has 0 radical (unpaired) electrons. The van der Waals surface area contributed by atoms with Gasteiger partial charge in [0.25, 0.3) is 0 Å². The van der Waals surface area contributed by atoms with Crippen molar-refractivity contribution in [2.75, 3.05) is 58.8 Å². The highest BCUT2D eigenvalue weighted by Gasteiger charge is 2.40. The van der Waals surface area contributed by atoms with Gasteiger partial charge < -0.3 is 44.8 Å². The van der Waals surface area contributed by atoms with Gasteiger partial charge in [0.15, 0.2) is 6.04 Å². The largest absolute Gasteiger partial charge is 0.449 e. The highest BCUT2D eigenvalue weighted by atomic mass is 31.3. The maximum Gasteiger partial charge on any atom is 0.407 e. The first-order valence-corrected chi connectivity index (χ1v) is 21.2. The maximum atomic E-state index is 12.9. The molecular formula is C25H38N11O14P3. The van der Waals surface area contributed by atoms with Crippen molar-refractivity contribution in [2.24, 2.45) is 10.2 Å². The lowest BCUT2D eigenvalue weighted by Crippen LogP contribution is -2.38. The Bertz CT molecular complexity index is 1870. The second kappa shape index (κ2) is 20.8. The van der Waals surface area contributed by atoms with E-state index >= 15 is 0 Å². The van der Waals surface area contributed by atoms with Gasteiger partial charge in [-0.1, -0.05) is 22.1 Å². The zero-order valence-electron chi connectivity index (χ0n) is 28.8. The molecule has 1 aliphatic heterocycles. The zero-order valence-corrected chi connectivity index (χ0v) is 31.5. The Balaban J connectivity index is 2.08. The Morgan fingerprint density at radius 2 is 1.91 bits per heavy atom. The van der Waals surface area contributed by atoms with E-state index in [1.165, 1.54) is 13.1 Å². The van der Waals surface area contributed by atoms with Crippen LogP contribution in [0.25, 0.3) is 20.9 Å². The normalized spacial score (nSPS) is 20.4. The number of Topliss-reactive ketones (excluding diaryl/α,β-unsaturated/α-hetero) is 1. The second-order valence-electron chi connectivity index (χ2n) is 11.0. The molecule has 0 spiro atoms. The first-order valence-electron chi connectivity index (χ1n) is 15.2. The van der Waals surface area contributed by atoms with Crippen LogP contribution in [0.3, 0.4) is 0 Å². The number of amides is 2. The number of nitrogen functional groups attached to an aromatic ring is 1. The van der Waals surface area contributed by atoms with Gasteiger partial charge in [0.1, 0.15) is 37.3 Å². The molecule has 0 aromatic carbocycles. The number of hydrogen-bond acceptors (Lipinski definition) is 17. The molecule has 5 unspecified atom stereocenters. The number of rotatable bonds is 20. The molecule has 2 rings (SSSR count). The van der Waals surface area contributed by atoms with E-state index in [0.29, 0.717) is 6.42 Å². The van der Waals surface area contributed by atoms with Gasteiger partial charge >= 0.3 is 34.6 Å². The number of nitrogens with one attached hydrogen (secondary N) is 2. The quantitative estimate of drug-likeness (QED) is 0.0367. The van der Waals surface area contributed by atoms with Gasteiger partial charge in [-0.3, -0.25) is 23.1 Å². The number of ether oxygens (including phenoxy) is 3. The van der Waals surface area contributed by atoms with E-state index in [-0.39, 0.29) is 43.1 Å². The van der Waals surface area contributed by atoms with Crippen LogP contribution in [-0.4, -0.2) is 104 Å². The molecule has 0 bridgehead atoms. The van der Waals surface area contributed by atoms with Crippen molar-refractivity contribution in [2.45, 2.75) is 50.7 Å². The van der Waals surface area contributed by atoms with Crippen molar-refractivity contribution in [1.29, 1.82) is 0 Å². The number of nitrogens with two attached hydrogens (primary N) is 1. The molecule has 1 aromatic rings. The Morgan fingerprint density at radius 3 is 2.55 bits per heavy atom. The van der Waals surface area contributed by atoms with Gasteiger partial charge in [-0.2, -0.15) is 4.98 Å². The van der Waals surface area contributed by atoms with E-state index in [4.69, 9.17) is 39.8 Å². The molecule has 0 saturated carbocycles. The second-order valence-corrected chi connectivity index (χ2v) is 17.3. The molecule has 1 saturated heterocycles. The summed E-state index contributed by atoms with van der Waals surface area (Å²) in [6.07, 6.45) is -2.38. The maximum absolute atomic E-state index is 12.9. The highest BCUT2D eigenvalue weighted by Crippen LogP contribution is 2.67. The summed E-state index contributed by atoms with van der Waals surface area (Å²) in [7, 11) is -12.8. The summed E-state index contributed by atoms with van der Waals surface area (Å²) >= 11 is 0. The predicted octanol–water partition coefficient (Wildman–Crippen LogP) is 2.52. The van der Waals surface area contributed by atoms with Crippen LogP contribution in [0.1, 0.15) is 38.0 Å². The molecule has 25 nitrogen and oxygen atoms in total. The Labute approximate surface area is 301 Å². The van der Waals surface area contributed by atoms with Gasteiger partial charge in [0.2, 0.25) is 5.91 Å². The molecule has 5 N–H and O–H groups in total. The lowest BCUT2D eigenvalue weighted by atomic mass is 10.2. The number of anilines is 1. The molecule has 0 aliphatic carbocycles. The summed E-state index contributed by atoms with van der Waals surface area (Å²) in [4.78, 5) is 66.4. The zero-order chi connectivity index (χ0) is 39.8. The SMILES string of the molecule is CC(=O)CCCNC(=O)C(COC(=O)NCC#Cc1cn([C@H]2CC(OCN=[N+]=[N-])[C@@H](COP(C)(=O)OP(C)(=O)OP(C)(=O)O)O2)c(=O)nc1N)N=[N+]=[N-]. The molecule has 2 amide bonds. The molecule has 1 aromatic heterocycles. The lowest BCUT2D eigenvalue weighted by molar-refractivity contribution is -0.123. The third-order valence-electron chi connectivity index (χ3n) is 6.37. The third kappa shape index (κ3) is 16.9. The van der Waals surface area contributed by atoms with Crippen LogP contribution in [0.15, 0.2) is 21.2 Å².